The molecular weight excluding hydrogens is 340 g/mol. The lowest BCUT2D eigenvalue weighted by Gasteiger charge is -2.08. The zero-order chi connectivity index (χ0) is 18.9. The summed E-state index contributed by atoms with van der Waals surface area (Å²) >= 11 is 0. The van der Waals surface area contributed by atoms with Crippen molar-refractivity contribution in [2.75, 3.05) is 6.61 Å². The van der Waals surface area contributed by atoms with E-state index >= 15 is 0 Å². The SMILES string of the molecule is CCCOc1ccc(OC(=O)c2ccc(OCc3ccccc3)cc2)cc1. The molecule has 0 saturated carbocycles. The molecule has 0 N–H and O–H groups in total. The van der Waals surface area contributed by atoms with Gasteiger partial charge in [0.1, 0.15) is 23.9 Å². The Hall–Kier alpha value is -3.27. The van der Waals surface area contributed by atoms with Crippen molar-refractivity contribution in [1.82, 2.24) is 0 Å². The van der Waals surface area contributed by atoms with E-state index in [9.17, 15) is 4.79 Å². The number of carbonyl (C=O) groups is 1. The molecular formula is C23H22O4. The fourth-order valence-corrected chi connectivity index (χ4v) is 2.42. The van der Waals surface area contributed by atoms with Crippen LogP contribution < -0.4 is 14.2 Å². The molecule has 4 heteroatoms. The summed E-state index contributed by atoms with van der Waals surface area (Å²) in [5, 5.41) is 0. The van der Waals surface area contributed by atoms with Gasteiger partial charge in [-0.25, -0.2) is 4.79 Å². The molecule has 138 valence electrons. The molecule has 0 spiro atoms. The van der Waals surface area contributed by atoms with Gasteiger partial charge in [0.15, 0.2) is 0 Å². The highest BCUT2D eigenvalue weighted by molar-refractivity contribution is 5.91. The van der Waals surface area contributed by atoms with Crippen molar-refractivity contribution in [3.05, 3.63) is 90.0 Å². The van der Waals surface area contributed by atoms with Gasteiger partial charge in [0.05, 0.1) is 12.2 Å². The van der Waals surface area contributed by atoms with E-state index in [2.05, 4.69) is 0 Å². The Kier molecular flexibility index (Phi) is 6.47. The lowest BCUT2D eigenvalue weighted by Crippen LogP contribution is -2.08. The van der Waals surface area contributed by atoms with Crippen LogP contribution >= 0.6 is 0 Å². The Balaban J connectivity index is 1.54. The fraction of sp³-hybridized carbons (Fsp3) is 0.174. The van der Waals surface area contributed by atoms with E-state index in [1.165, 1.54) is 0 Å². The van der Waals surface area contributed by atoms with Gasteiger partial charge in [-0.15, -0.1) is 0 Å². The second-order valence-corrected chi connectivity index (χ2v) is 6.01. The van der Waals surface area contributed by atoms with E-state index in [0.717, 1.165) is 17.7 Å². The minimum atomic E-state index is -0.410. The molecule has 0 aliphatic rings. The predicted octanol–water partition coefficient (Wildman–Crippen LogP) is 5.27. The topological polar surface area (TPSA) is 44.8 Å². The van der Waals surface area contributed by atoms with E-state index < -0.39 is 5.97 Å². The molecule has 0 saturated heterocycles. The van der Waals surface area contributed by atoms with Gasteiger partial charge >= 0.3 is 5.97 Å². The molecule has 3 rings (SSSR count). The summed E-state index contributed by atoms with van der Waals surface area (Å²) in [6, 6.07) is 23.9. The van der Waals surface area contributed by atoms with Gasteiger partial charge in [-0.3, -0.25) is 0 Å². The van der Waals surface area contributed by atoms with Gasteiger partial charge < -0.3 is 14.2 Å². The second kappa shape index (κ2) is 9.43. The average molecular weight is 362 g/mol. The van der Waals surface area contributed by atoms with Crippen LogP contribution in [-0.4, -0.2) is 12.6 Å². The number of carbonyl (C=O) groups excluding carboxylic acids is 1. The molecule has 27 heavy (non-hydrogen) atoms. The summed E-state index contributed by atoms with van der Waals surface area (Å²) in [6.45, 7) is 3.20. The van der Waals surface area contributed by atoms with Crippen LogP contribution in [0.15, 0.2) is 78.9 Å². The van der Waals surface area contributed by atoms with Gasteiger partial charge in [-0.1, -0.05) is 37.3 Å². The number of ether oxygens (including phenoxy) is 3. The highest BCUT2D eigenvalue weighted by atomic mass is 16.5. The van der Waals surface area contributed by atoms with Crippen LogP contribution in [0, 0.1) is 0 Å². The lowest BCUT2D eigenvalue weighted by molar-refractivity contribution is 0.0734. The van der Waals surface area contributed by atoms with Gasteiger partial charge in [0.25, 0.3) is 0 Å². The average Bonchev–Trinajstić information content (AvgIpc) is 2.73. The Morgan fingerprint density at radius 2 is 1.33 bits per heavy atom. The van der Waals surface area contributed by atoms with E-state index in [0.29, 0.717) is 30.3 Å². The standard InChI is InChI=1S/C23H22O4/c1-2-16-25-20-12-14-22(15-13-20)27-23(24)19-8-10-21(11-9-19)26-17-18-6-4-3-5-7-18/h3-15H,2,16-17H2,1H3. The highest BCUT2D eigenvalue weighted by Crippen LogP contribution is 2.20. The summed E-state index contributed by atoms with van der Waals surface area (Å²) in [7, 11) is 0. The van der Waals surface area contributed by atoms with Crippen molar-refractivity contribution in [3.63, 3.8) is 0 Å². The zero-order valence-electron chi connectivity index (χ0n) is 15.3. The van der Waals surface area contributed by atoms with Crippen molar-refractivity contribution in [2.24, 2.45) is 0 Å². The fourth-order valence-electron chi connectivity index (χ4n) is 2.42. The minimum absolute atomic E-state index is 0.410. The third-order valence-corrected chi connectivity index (χ3v) is 3.85. The second-order valence-electron chi connectivity index (χ2n) is 6.01. The first-order chi connectivity index (χ1) is 13.2. The molecule has 3 aromatic carbocycles. The Bertz CT molecular complexity index is 840. The number of benzene rings is 3. The number of hydrogen-bond acceptors (Lipinski definition) is 4. The van der Waals surface area contributed by atoms with Gasteiger partial charge in [-0.05, 0) is 60.5 Å². The highest BCUT2D eigenvalue weighted by Gasteiger charge is 2.09. The smallest absolute Gasteiger partial charge is 0.343 e. The lowest BCUT2D eigenvalue weighted by atomic mass is 10.2. The van der Waals surface area contributed by atoms with Crippen molar-refractivity contribution in [3.8, 4) is 17.2 Å². The molecule has 0 atom stereocenters. The molecule has 3 aromatic rings. The van der Waals surface area contributed by atoms with Crippen LogP contribution in [0.2, 0.25) is 0 Å². The first-order valence-corrected chi connectivity index (χ1v) is 8.96. The van der Waals surface area contributed by atoms with Gasteiger partial charge in [0.2, 0.25) is 0 Å². The maximum atomic E-state index is 12.3. The van der Waals surface area contributed by atoms with Crippen LogP contribution in [0.5, 0.6) is 17.2 Å². The summed E-state index contributed by atoms with van der Waals surface area (Å²) < 4.78 is 16.6. The number of esters is 1. The summed E-state index contributed by atoms with van der Waals surface area (Å²) in [4.78, 5) is 12.3. The summed E-state index contributed by atoms with van der Waals surface area (Å²) in [6.07, 6.45) is 0.946. The van der Waals surface area contributed by atoms with Crippen molar-refractivity contribution < 1.29 is 19.0 Å². The first-order valence-electron chi connectivity index (χ1n) is 8.96. The summed E-state index contributed by atoms with van der Waals surface area (Å²) in [5.41, 5.74) is 1.56. The van der Waals surface area contributed by atoms with Gasteiger partial charge in [0, 0.05) is 0 Å². The molecule has 0 amide bonds. The monoisotopic (exact) mass is 362 g/mol. The van der Waals surface area contributed by atoms with E-state index in [1.54, 1.807) is 48.5 Å². The summed E-state index contributed by atoms with van der Waals surface area (Å²) in [5.74, 6) is 1.53. The molecule has 0 fully saturated rings. The first kappa shape index (κ1) is 18.5. The molecule has 0 heterocycles. The molecule has 0 radical (unpaired) electrons. The van der Waals surface area contributed by atoms with Crippen molar-refractivity contribution in [2.45, 2.75) is 20.0 Å². The molecule has 0 aliphatic heterocycles. The quantitative estimate of drug-likeness (QED) is 0.404. The zero-order valence-corrected chi connectivity index (χ0v) is 15.3. The Labute approximate surface area is 159 Å². The van der Waals surface area contributed by atoms with Crippen LogP contribution in [0.25, 0.3) is 0 Å². The molecule has 4 nitrogen and oxygen atoms in total. The maximum absolute atomic E-state index is 12.3. The van der Waals surface area contributed by atoms with Crippen LogP contribution in [0.3, 0.4) is 0 Å². The van der Waals surface area contributed by atoms with E-state index in [-0.39, 0.29) is 0 Å². The Morgan fingerprint density at radius 1 is 0.741 bits per heavy atom. The number of hydrogen-bond donors (Lipinski definition) is 0. The van der Waals surface area contributed by atoms with Crippen LogP contribution in [-0.2, 0) is 6.61 Å². The van der Waals surface area contributed by atoms with E-state index in [4.69, 9.17) is 14.2 Å². The maximum Gasteiger partial charge on any atom is 0.343 e. The predicted molar refractivity (Wildman–Crippen MR) is 104 cm³/mol. The molecule has 0 unspecified atom stereocenters. The molecule has 0 aliphatic carbocycles. The van der Waals surface area contributed by atoms with Crippen LogP contribution in [0.4, 0.5) is 0 Å². The number of rotatable bonds is 8. The molecule has 0 bridgehead atoms. The molecule has 0 aromatic heterocycles. The minimum Gasteiger partial charge on any atom is -0.494 e. The van der Waals surface area contributed by atoms with E-state index in [1.807, 2.05) is 37.3 Å². The Morgan fingerprint density at radius 3 is 2.00 bits per heavy atom. The third-order valence-electron chi connectivity index (χ3n) is 3.85. The van der Waals surface area contributed by atoms with Crippen LogP contribution in [0.1, 0.15) is 29.3 Å². The largest absolute Gasteiger partial charge is 0.494 e. The van der Waals surface area contributed by atoms with Crippen molar-refractivity contribution >= 4 is 5.97 Å². The van der Waals surface area contributed by atoms with Crippen molar-refractivity contribution in [1.29, 1.82) is 0 Å². The van der Waals surface area contributed by atoms with Gasteiger partial charge in [-0.2, -0.15) is 0 Å². The third kappa shape index (κ3) is 5.61. The normalized spacial score (nSPS) is 10.3.